The third-order valence-electron chi connectivity index (χ3n) is 5.64. The van der Waals surface area contributed by atoms with Crippen molar-refractivity contribution in [2.75, 3.05) is 23.8 Å². The molecule has 206 valence electrons. The Morgan fingerprint density at radius 3 is 2.59 bits per heavy atom. The Morgan fingerprint density at radius 2 is 1.92 bits per heavy atom. The summed E-state index contributed by atoms with van der Waals surface area (Å²) in [5.74, 6) is 0.307. The SMILES string of the molecule is CCCSc1sc(-n2nc(C)c(Cc3ccccc3NS(C)(=O)=O)c2C(=O)OC)nc1-c1ccc(Cl)c(Cl)c1. The molecule has 0 aliphatic carbocycles. The van der Waals surface area contributed by atoms with Crippen molar-refractivity contribution in [1.29, 1.82) is 0 Å². The summed E-state index contributed by atoms with van der Waals surface area (Å²) in [6.07, 6.45) is 2.31. The van der Waals surface area contributed by atoms with E-state index in [2.05, 4.69) is 16.7 Å². The fraction of sp³-hybridized carbons (Fsp3) is 0.269. The van der Waals surface area contributed by atoms with Crippen LogP contribution in [-0.4, -0.2) is 48.3 Å². The lowest BCUT2D eigenvalue weighted by Gasteiger charge is -2.11. The molecule has 39 heavy (non-hydrogen) atoms. The summed E-state index contributed by atoms with van der Waals surface area (Å²) in [6, 6.07) is 12.4. The van der Waals surface area contributed by atoms with Crippen LogP contribution in [0.25, 0.3) is 16.4 Å². The number of halogens is 2. The maximum atomic E-state index is 13.1. The maximum absolute atomic E-state index is 13.1. The number of carbonyl (C=O) groups excluding carboxylic acids is 1. The summed E-state index contributed by atoms with van der Waals surface area (Å²) in [4.78, 5) is 18.0. The Labute approximate surface area is 245 Å². The quantitative estimate of drug-likeness (QED) is 0.152. The molecule has 1 N–H and O–H groups in total. The fourth-order valence-electron chi connectivity index (χ4n) is 3.88. The number of thioether (sulfide) groups is 1. The monoisotopic (exact) mass is 624 g/mol. The number of benzene rings is 2. The van der Waals surface area contributed by atoms with Gasteiger partial charge in [0.1, 0.15) is 0 Å². The van der Waals surface area contributed by atoms with Gasteiger partial charge in [0.25, 0.3) is 0 Å². The molecule has 0 aliphatic heterocycles. The number of aryl methyl sites for hydroxylation is 1. The molecule has 0 aliphatic rings. The van der Waals surface area contributed by atoms with E-state index in [1.807, 2.05) is 12.1 Å². The van der Waals surface area contributed by atoms with Gasteiger partial charge in [0.15, 0.2) is 5.69 Å². The Kier molecular flexibility index (Phi) is 9.28. The molecule has 2 heterocycles. The zero-order chi connectivity index (χ0) is 28.3. The number of esters is 1. The van der Waals surface area contributed by atoms with E-state index in [-0.39, 0.29) is 12.1 Å². The van der Waals surface area contributed by atoms with E-state index in [1.165, 1.54) is 23.1 Å². The first-order valence-electron chi connectivity index (χ1n) is 11.8. The van der Waals surface area contributed by atoms with Gasteiger partial charge in [0, 0.05) is 17.5 Å². The highest BCUT2D eigenvalue weighted by atomic mass is 35.5. The van der Waals surface area contributed by atoms with Gasteiger partial charge in [-0.3, -0.25) is 4.72 Å². The molecule has 0 atom stereocenters. The molecule has 0 saturated heterocycles. The molecule has 4 aromatic rings. The number of hydrogen-bond acceptors (Lipinski definition) is 8. The van der Waals surface area contributed by atoms with Crippen LogP contribution in [0.4, 0.5) is 5.69 Å². The van der Waals surface area contributed by atoms with Gasteiger partial charge in [-0.25, -0.2) is 18.2 Å². The van der Waals surface area contributed by atoms with E-state index >= 15 is 0 Å². The zero-order valence-electron chi connectivity index (χ0n) is 21.6. The Balaban J connectivity index is 1.85. The van der Waals surface area contributed by atoms with Gasteiger partial charge in [0.2, 0.25) is 15.2 Å². The topological polar surface area (TPSA) is 103 Å². The highest BCUT2D eigenvalue weighted by molar-refractivity contribution is 8.01. The number of sulfonamides is 1. The number of aromatic nitrogens is 3. The number of nitrogens with zero attached hydrogens (tertiary/aromatic N) is 3. The van der Waals surface area contributed by atoms with Crippen LogP contribution in [0, 0.1) is 6.92 Å². The molecule has 2 aromatic heterocycles. The van der Waals surface area contributed by atoms with Gasteiger partial charge in [-0.2, -0.15) is 9.78 Å². The Bertz CT molecular complexity index is 1630. The van der Waals surface area contributed by atoms with Crippen LogP contribution in [0.5, 0.6) is 0 Å². The van der Waals surface area contributed by atoms with Crippen molar-refractivity contribution in [3.63, 3.8) is 0 Å². The lowest BCUT2D eigenvalue weighted by atomic mass is 10.0. The van der Waals surface area contributed by atoms with Crippen LogP contribution in [0.1, 0.15) is 40.7 Å². The van der Waals surface area contributed by atoms with E-state index < -0.39 is 16.0 Å². The van der Waals surface area contributed by atoms with Gasteiger partial charge in [-0.05, 0) is 42.9 Å². The first kappa shape index (κ1) is 29.4. The summed E-state index contributed by atoms with van der Waals surface area (Å²) in [5.41, 5.74) is 4.07. The molecule has 13 heteroatoms. The number of nitrogens with one attached hydrogen (secondary N) is 1. The molecule has 4 rings (SSSR count). The number of rotatable bonds is 10. The van der Waals surface area contributed by atoms with Crippen LogP contribution in [0.3, 0.4) is 0 Å². The summed E-state index contributed by atoms with van der Waals surface area (Å²) in [6.45, 7) is 3.90. The van der Waals surface area contributed by atoms with Crippen molar-refractivity contribution in [3.05, 3.63) is 75.0 Å². The van der Waals surface area contributed by atoms with Crippen LogP contribution in [-0.2, 0) is 21.2 Å². The molecule has 0 bridgehead atoms. The average Bonchev–Trinajstić information content (AvgIpc) is 3.45. The molecular formula is C26H26Cl2N4O4S3. The van der Waals surface area contributed by atoms with Crippen molar-refractivity contribution >= 4 is 68.0 Å². The summed E-state index contributed by atoms with van der Waals surface area (Å²) >= 11 is 15.5. The number of para-hydroxylation sites is 1. The minimum atomic E-state index is -3.50. The predicted octanol–water partition coefficient (Wildman–Crippen LogP) is 6.86. The van der Waals surface area contributed by atoms with Gasteiger partial charge >= 0.3 is 5.97 Å². The number of anilines is 1. The second-order valence-electron chi connectivity index (χ2n) is 8.63. The standard InChI is InChI=1S/C26H26Cl2N4O4S3/c1-5-12-37-25-22(17-10-11-19(27)20(28)14-17)29-26(38-25)32-23(24(33)36-3)18(15(2)30-32)13-16-8-6-7-9-21(16)31-39(4,34)35/h6-11,14,31H,5,12-13H2,1-4H3. The van der Waals surface area contributed by atoms with E-state index in [4.69, 9.17) is 32.9 Å². The van der Waals surface area contributed by atoms with Crippen LogP contribution >= 0.6 is 46.3 Å². The zero-order valence-corrected chi connectivity index (χ0v) is 25.6. The molecule has 8 nitrogen and oxygen atoms in total. The lowest BCUT2D eigenvalue weighted by Crippen LogP contribution is -2.14. The number of ether oxygens (including phenoxy) is 1. The summed E-state index contributed by atoms with van der Waals surface area (Å²) in [5, 5.41) is 6.04. The summed E-state index contributed by atoms with van der Waals surface area (Å²) in [7, 11) is -2.19. The fourth-order valence-corrected chi connectivity index (χ4v) is 6.96. The second kappa shape index (κ2) is 12.3. The van der Waals surface area contributed by atoms with Gasteiger partial charge in [-0.1, -0.05) is 65.7 Å². The van der Waals surface area contributed by atoms with E-state index in [0.29, 0.717) is 37.7 Å². The third kappa shape index (κ3) is 6.78. The minimum absolute atomic E-state index is 0.227. The number of carbonyl (C=O) groups is 1. The van der Waals surface area contributed by atoms with E-state index in [9.17, 15) is 13.2 Å². The highest BCUT2D eigenvalue weighted by Crippen LogP contribution is 2.40. The predicted molar refractivity (Wildman–Crippen MR) is 159 cm³/mol. The molecule has 0 spiro atoms. The van der Waals surface area contributed by atoms with Crippen molar-refractivity contribution < 1.29 is 17.9 Å². The molecule has 0 amide bonds. The first-order chi connectivity index (χ1) is 18.5. The van der Waals surface area contributed by atoms with Crippen molar-refractivity contribution in [3.8, 4) is 16.4 Å². The molecule has 0 unspecified atom stereocenters. The van der Waals surface area contributed by atoms with Crippen molar-refractivity contribution in [2.45, 2.75) is 30.9 Å². The minimum Gasteiger partial charge on any atom is -0.464 e. The van der Waals surface area contributed by atoms with Crippen molar-refractivity contribution in [2.24, 2.45) is 0 Å². The third-order valence-corrected chi connectivity index (χ3v) is 9.47. The van der Waals surface area contributed by atoms with Crippen LogP contribution in [0.15, 0.2) is 46.7 Å². The van der Waals surface area contributed by atoms with E-state index in [0.717, 1.165) is 33.9 Å². The molecule has 0 fully saturated rings. The highest BCUT2D eigenvalue weighted by Gasteiger charge is 2.27. The van der Waals surface area contributed by atoms with Gasteiger partial charge in [-0.15, -0.1) is 11.8 Å². The van der Waals surface area contributed by atoms with Crippen LogP contribution in [0.2, 0.25) is 10.0 Å². The molecule has 0 saturated carbocycles. The van der Waals surface area contributed by atoms with Gasteiger partial charge in [0.05, 0.1) is 44.7 Å². The van der Waals surface area contributed by atoms with Gasteiger partial charge < -0.3 is 4.74 Å². The number of hydrogen-bond donors (Lipinski definition) is 1. The largest absolute Gasteiger partial charge is 0.464 e. The molecular weight excluding hydrogens is 599 g/mol. The average molecular weight is 626 g/mol. The Hall–Kier alpha value is -2.57. The second-order valence-corrected chi connectivity index (χ2v) is 13.5. The number of methoxy groups -OCH3 is 1. The van der Waals surface area contributed by atoms with E-state index in [1.54, 1.807) is 49.0 Å². The van der Waals surface area contributed by atoms with Crippen LogP contribution < -0.4 is 4.72 Å². The normalized spacial score (nSPS) is 11.5. The lowest BCUT2D eigenvalue weighted by molar-refractivity contribution is 0.0589. The number of thiazole rings is 1. The Morgan fingerprint density at radius 1 is 1.18 bits per heavy atom. The maximum Gasteiger partial charge on any atom is 0.357 e. The molecule has 0 radical (unpaired) electrons. The summed E-state index contributed by atoms with van der Waals surface area (Å²) < 4.78 is 34.0. The first-order valence-corrected chi connectivity index (χ1v) is 16.3. The smallest absolute Gasteiger partial charge is 0.357 e. The molecule has 2 aromatic carbocycles. The van der Waals surface area contributed by atoms with Crippen molar-refractivity contribution in [1.82, 2.24) is 14.8 Å².